The number of ether oxygens (including phenoxy) is 1. The van der Waals surface area contributed by atoms with Crippen LogP contribution in [0.5, 0.6) is 0 Å². The van der Waals surface area contributed by atoms with Crippen molar-refractivity contribution < 1.29 is 23.9 Å². The molecule has 0 bridgehead atoms. The van der Waals surface area contributed by atoms with Gasteiger partial charge in [-0.1, -0.05) is 20.4 Å². The van der Waals surface area contributed by atoms with Gasteiger partial charge in [0.15, 0.2) is 17.5 Å². The Balaban J connectivity index is 4.89. The largest absolute Gasteiger partial charge is 0.389 e. The number of hydrogen-bond acceptors (Lipinski definition) is 5. The Morgan fingerprint density at radius 3 is 1.76 bits per heavy atom. The normalized spacial score (nSPS) is 9.88. The lowest BCUT2D eigenvalue weighted by Crippen LogP contribution is -2.34. The van der Waals surface area contributed by atoms with E-state index in [-0.39, 0.29) is 18.4 Å². The first-order valence-electron chi connectivity index (χ1n) is 5.32. The first-order chi connectivity index (χ1) is 7.84. The summed E-state index contributed by atoms with van der Waals surface area (Å²) in [6, 6.07) is 0. The molecule has 0 radical (unpaired) electrons. The van der Waals surface area contributed by atoms with Gasteiger partial charge in [-0.15, -0.1) is 0 Å². The third kappa shape index (κ3) is 4.30. The second-order valence-electron chi connectivity index (χ2n) is 3.56. The fourth-order valence-corrected chi connectivity index (χ4v) is 1.09. The zero-order valence-corrected chi connectivity index (χ0v) is 10.2. The van der Waals surface area contributed by atoms with Crippen LogP contribution in [0.3, 0.4) is 0 Å². The number of ketones is 2. The van der Waals surface area contributed by atoms with Crippen molar-refractivity contribution in [2.45, 2.75) is 33.6 Å². The maximum absolute atomic E-state index is 11.5. The molecule has 0 saturated heterocycles. The molecule has 0 aliphatic rings. The topological polar surface area (TPSA) is 77.5 Å². The fourth-order valence-electron chi connectivity index (χ4n) is 1.09. The summed E-state index contributed by atoms with van der Waals surface area (Å²) < 4.78 is 4.40. The summed E-state index contributed by atoms with van der Waals surface area (Å²) >= 11 is 0. The Bertz CT molecular complexity index is 351. The van der Waals surface area contributed by atoms with Crippen molar-refractivity contribution in [2.75, 3.05) is 0 Å². The van der Waals surface area contributed by atoms with Gasteiger partial charge in [-0.25, -0.2) is 4.79 Å². The van der Waals surface area contributed by atoms with E-state index in [2.05, 4.69) is 11.3 Å². The van der Waals surface area contributed by atoms with Crippen molar-refractivity contribution in [2.24, 2.45) is 5.92 Å². The molecular formula is C12H16O5. The number of rotatable bonds is 6. The number of esters is 2. The SMILES string of the molecule is C=C(C)C(=O)OC(=O)C(C(=O)CC)C(=O)CC. The van der Waals surface area contributed by atoms with Gasteiger partial charge in [0.25, 0.3) is 0 Å². The van der Waals surface area contributed by atoms with Crippen LogP contribution in [0, 0.1) is 5.92 Å². The van der Waals surface area contributed by atoms with Gasteiger partial charge in [0.05, 0.1) is 0 Å². The highest BCUT2D eigenvalue weighted by molar-refractivity contribution is 6.18. The van der Waals surface area contributed by atoms with Gasteiger partial charge >= 0.3 is 11.9 Å². The molecule has 0 aromatic heterocycles. The van der Waals surface area contributed by atoms with Gasteiger partial charge < -0.3 is 4.74 Å². The molecule has 0 fully saturated rings. The van der Waals surface area contributed by atoms with Gasteiger partial charge in [0.2, 0.25) is 0 Å². The third-order valence-electron chi connectivity index (χ3n) is 2.12. The predicted molar refractivity (Wildman–Crippen MR) is 60.0 cm³/mol. The van der Waals surface area contributed by atoms with Crippen molar-refractivity contribution in [1.82, 2.24) is 0 Å². The van der Waals surface area contributed by atoms with Crippen LogP contribution in [0.15, 0.2) is 12.2 Å². The van der Waals surface area contributed by atoms with Crippen LogP contribution in [0.4, 0.5) is 0 Å². The molecule has 0 heterocycles. The highest BCUT2D eigenvalue weighted by atomic mass is 16.6. The van der Waals surface area contributed by atoms with E-state index in [1.165, 1.54) is 20.8 Å². The van der Waals surface area contributed by atoms with Gasteiger partial charge in [0, 0.05) is 18.4 Å². The Labute approximate surface area is 99.8 Å². The van der Waals surface area contributed by atoms with Crippen molar-refractivity contribution >= 4 is 23.5 Å². The summed E-state index contributed by atoms with van der Waals surface area (Å²) in [5.41, 5.74) is 0.0324. The van der Waals surface area contributed by atoms with E-state index in [4.69, 9.17) is 0 Å². The van der Waals surface area contributed by atoms with Crippen LogP contribution >= 0.6 is 0 Å². The molecule has 94 valence electrons. The minimum Gasteiger partial charge on any atom is -0.389 e. The number of hydrogen-bond donors (Lipinski definition) is 0. The molecule has 0 aromatic rings. The van der Waals surface area contributed by atoms with Crippen molar-refractivity contribution in [3.8, 4) is 0 Å². The molecule has 0 aliphatic heterocycles. The molecule has 0 amide bonds. The molecule has 5 nitrogen and oxygen atoms in total. The first kappa shape index (κ1) is 15.2. The van der Waals surface area contributed by atoms with E-state index in [0.29, 0.717) is 0 Å². The van der Waals surface area contributed by atoms with E-state index >= 15 is 0 Å². The van der Waals surface area contributed by atoms with Gasteiger partial charge in [-0.2, -0.15) is 0 Å². The summed E-state index contributed by atoms with van der Waals surface area (Å²) in [4.78, 5) is 45.5. The predicted octanol–water partition coefficient (Wildman–Crippen LogP) is 1.21. The summed E-state index contributed by atoms with van der Waals surface area (Å²) in [7, 11) is 0. The van der Waals surface area contributed by atoms with Gasteiger partial charge in [-0.05, 0) is 6.92 Å². The molecule has 0 atom stereocenters. The lowest BCUT2D eigenvalue weighted by Gasteiger charge is -2.11. The van der Waals surface area contributed by atoms with Crippen LogP contribution in [0.2, 0.25) is 0 Å². The summed E-state index contributed by atoms with van der Waals surface area (Å²) in [6.07, 6.45) is 0.0690. The zero-order valence-electron chi connectivity index (χ0n) is 10.2. The first-order valence-corrected chi connectivity index (χ1v) is 5.32. The van der Waals surface area contributed by atoms with E-state index in [1.54, 1.807) is 0 Å². The molecule has 17 heavy (non-hydrogen) atoms. The molecule has 0 spiro atoms. The molecule has 0 aromatic carbocycles. The molecule has 0 unspecified atom stereocenters. The maximum atomic E-state index is 11.5. The lowest BCUT2D eigenvalue weighted by molar-refractivity contribution is -0.162. The standard InChI is InChI=1S/C12H16O5/c1-5-8(13)10(9(14)6-2)12(16)17-11(15)7(3)4/h10H,3,5-6H2,1-2,4H3. The summed E-state index contributed by atoms with van der Waals surface area (Å²) in [6.45, 7) is 7.74. The molecule has 0 rings (SSSR count). The highest BCUT2D eigenvalue weighted by Gasteiger charge is 2.34. The second kappa shape index (κ2) is 6.73. The Morgan fingerprint density at radius 1 is 1.06 bits per heavy atom. The second-order valence-corrected chi connectivity index (χ2v) is 3.56. The average molecular weight is 240 g/mol. The van der Waals surface area contributed by atoms with Crippen molar-refractivity contribution in [3.05, 3.63) is 12.2 Å². The molecule has 0 saturated carbocycles. The van der Waals surface area contributed by atoms with E-state index in [1.807, 2.05) is 0 Å². The van der Waals surface area contributed by atoms with Crippen LogP contribution < -0.4 is 0 Å². The van der Waals surface area contributed by atoms with Gasteiger partial charge in [0.1, 0.15) is 0 Å². The molecule has 0 N–H and O–H groups in total. The van der Waals surface area contributed by atoms with E-state index < -0.39 is 29.4 Å². The highest BCUT2D eigenvalue weighted by Crippen LogP contribution is 2.10. The summed E-state index contributed by atoms with van der Waals surface area (Å²) in [5.74, 6) is -4.62. The lowest BCUT2D eigenvalue weighted by atomic mass is 9.96. The minimum atomic E-state index is -1.49. The average Bonchev–Trinajstić information content (AvgIpc) is 2.28. The van der Waals surface area contributed by atoms with Crippen LogP contribution in [-0.2, 0) is 23.9 Å². The Morgan fingerprint density at radius 2 is 1.47 bits per heavy atom. The van der Waals surface area contributed by atoms with Crippen LogP contribution in [-0.4, -0.2) is 23.5 Å². The van der Waals surface area contributed by atoms with Gasteiger partial charge in [-0.3, -0.25) is 14.4 Å². The van der Waals surface area contributed by atoms with Crippen molar-refractivity contribution in [1.29, 1.82) is 0 Å². The molecule has 0 aliphatic carbocycles. The maximum Gasteiger partial charge on any atom is 0.340 e. The number of Topliss-reactive ketones (excluding diaryl/α,β-unsaturated/α-hetero) is 2. The fraction of sp³-hybridized carbons (Fsp3) is 0.500. The number of carbonyl (C=O) groups is 4. The monoisotopic (exact) mass is 240 g/mol. The van der Waals surface area contributed by atoms with E-state index in [0.717, 1.165) is 0 Å². The quantitative estimate of drug-likeness (QED) is 0.396. The zero-order chi connectivity index (χ0) is 13.6. The van der Waals surface area contributed by atoms with Crippen LogP contribution in [0.25, 0.3) is 0 Å². The summed E-state index contributed by atoms with van der Waals surface area (Å²) in [5, 5.41) is 0. The van der Waals surface area contributed by atoms with Crippen molar-refractivity contribution in [3.63, 3.8) is 0 Å². The number of carbonyl (C=O) groups excluding carboxylic acids is 4. The molecule has 5 heteroatoms. The van der Waals surface area contributed by atoms with Crippen LogP contribution in [0.1, 0.15) is 33.6 Å². The smallest absolute Gasteiger partial charge is 0.340 e. The third-order valence-corrected chi connectivity index (χ3v) is 2.12. The molecular weight excluding hydrogens is 224 g/mol. The Kier molecular flexibility index (Phi) is 6.02. The Hall–Kier alpha value is -1.78. The van der Waals surface area contributed by atoms with E-state index in [9.17, 15) is 19.2 Å². The minimum absolute atomic E-state index is 0.0324.